The molecule has 0 spiro atoms. The summed E-state index contributed by atoms with van der Waals surface area (Å²) in [6.45, 7) is 0. The third kappa shape index (κ3) is 1.69. The molecule has 98 valence electrons. The molecule has 0 N–H and O–H groups in total. The minimum Gasteiger partial charge on any atom is -0.334 e. The molecule has 0 atom stereocenters. The Bertz CT molecular complexity index is 936. The van der Waals surface area contributed by atoms with Gasteiger partial charge >= 0.3 is 0 Å². The molecule has 4 rings (SSSR count). The Kier molecular flexibility index (Phi) is 2.35. The molecule has 0 fully saturated rings. The first kappa shape index (κ1) is 11.5. The van der Waals surface area contributed by atoms with Crippen molar-refractivity contribution in [1.82, 2.24) is 18.9 Å². The molecule has 0 aliphatic rings. The highest BCUT2D eigenvalue weighted by atomic mass is 35.5. The number of aromatic nitrogens is 4. The van der Waals surface area contributed by atoms with Gasteiger partial charge in [-0.2, -0.15) is 0 Å². The molecular weight excluding hydrogens is 272 g/mol. The van der Waals surface area contributed by atoms with Crippen molar-refractivity contribution in [3.05, 3.63) is 54.1 Å². The largest absolute Gasteiger partial charge is 0.334 e. The molecule has 0 saturated heterocycles. The van der Waals surface area contributed by atoms with Crippen LogP contribution in [0.1, 0.15) is 0 Å². The summed E-state index contributed by atoms with van der Waals surface area (Å²) < 4.78 is 3.93. The molecule has 0 unspecified atom stereocenters. The van der Waals surface area contributed by atoms with Crippen molar-refractivity contribution >= 4 is 28.3 Å². The van der Waals surface area contributed by atoms with Gasteiger partial charge < -0.3 is 8.97 Å². The van der Waals surface area contributed by atoms with Gasteiger partial charge in [0.2, 0.25) is 0 Å². The Hall–Kier alpha value is -2.33. The van der Waals surface area contributed by atoms with Crippen LogP contribution in [-0.2, 0) is 7.05 Å². The van der Waals surface area contributed by atoms with Gasteiger partial charge in [0, 0.05) is 25.0 Å². The molecule has 3 aromatic heterocycles. The molecule has 0 saturated carbocycles. The lowest BCUT2D eigenvalue weighted by molar-refractivity contribution is 0.948. The molecule has 3 heterocycles. The number of imidazole rings is 2. The Morgan fingerprint density at radius 1 is 1.10 bits per heavy atom. The zero-order valence-electron chi connectivity index (χ0n) is 10.8. The molecule has 0 radical (unpaired) electrons. The highest BCUT2D eigenvalue weighted by Gasteiger charge is 2.07. The molecular formula is C15H11ClN4. The third-order valence-corrected chi connectivity index (χ3v) is 3.66. The maximum absolute atomic E-state index is 5.99. The van der Waals surface area contributed by atoms with Crippen molar-refractivity contribution in [2.75, 3.05) is 0 Å². The van der Waals surface area contributed by atoms with Gasteiger partial charge in [-0.15, -0.1) is 0 Å². The number of aryl methyl sites for hydroxylation is 1. The molecule has 4 nitrogen and oxygen atoms in total. The highest BCUT2D eigenvalue weighted by Crippen LogP contribution is 2.24. The van der Waals surface area contributed by atoms with E-state index in [2.05, 4.69) is 28.2 Å². The molecule has 0 aliphatic heterocycles. The first-order valence-corrected chi connectivity index (χ1v) is 6.64. The summed E-state index contributed by atoms with van der Waals surface area (Å²) in [6, 6.07) is 9.93. The second-order valence-corrected chi connectivity index (χ2v) is 5.23. The van der Waals surface area contributed by atoms with E-state index in [-0.39, 0.29) is 0 Å². The van der Waals surface area contributed by atoms with Gasteiger partial charge in [-0.05, 0) is 24.3 Å². The second kappa shape index (κ2) is 4.08. The quantitative estimate of drug-likeness (QED) is 0.535. The molecule has 4 aromatic rings. The number of rotatable bonds is 1. The molecule has 1 aromatic carbocycles. The Morgan fingerprint density at radius 3 is 2.90 bits per heavy atom. The average molecular weight is 283 g/mol. The standard InChI is InChI=1S/C15H11ClN4/c1-19-9-17-12-6-10(2-4-14(12)19)13-8-20-7-11(16)3-5-15(20)18-13/h2-9H,1H3. The van der Waals surface area contributed by atoms with Crippen LogP contribution in [0.15, 0.2) is 49.1 Å². The summed E-state index contributed by atoms with van der Waals surface area (Å²) in [6.07, 6.45) is 5.65. The zero-order valence-corrected chi connectivity index (χ0v) is 11.5. The van der Waals surface area contributed by atoms with E-state index in [9.17, 15) is 0 Å². The number of fused-ring (bicyclic) bond motifs is 2. The smallest absolute Gasteiger partial charge is 0.137 e. The summed E-state index contributed by atoms with van der Waals surface area (Å²) in [5.41, 5.74) is 4.93. The topological polar surface area (TPSA) is 35.1 Å². The van der Waals surface area contributed by atoms with Crippen LogP contribution in [-0.4, -0.2) is 18.9 Å². The van der Waals surface area contributed by atoms with Crippen molar-refractivity contribution in [3.8, 4) is 11.3 Å². The van der Waals surface area contributed by atoms with Crippen LogP contribution in [0, 0.1) is 0 Å². The lowest BCUT2D eigenvalue weighted by Crippen LogP contribution is -1.83. The Morgan fingerprint density at radius 2 is 2.00 bits per heavy atom. The number of halogens is 1. The number of pyridine rings is 1. The van der Waals surface area contributed by atoms with Crippen LogP contribution < -0.4 is 0 Å². The Balaban J connectivity index is 1.91. The molecule has 0 bridgehead atoms. The van der Waals surface area contributed by atoms with Gasteiger partial charge in [-0.3, -0.25) is 0 Å². The van der Waals surface area contributed by atoms with E-state index in [1.165, 1.54) is 0 Å². The van der Waals surface area contributed by atoms with Crippen LogP contribution in [0.25, 0.3) is 27.9 Å². The normalized spacial score (nSPS) is 11.5. The fourth-order valence-electron chi connectivity index (χ4n) is 2.40. The van der Waals surface area contributed by atoms with Crippen molar-refractivity contribution < 1.29 is 0 Å². The average Bonchev–Trinajstić information content (AvgIpc) is 3.02. The zero-order chi connectivity index (χ0) is 13.7. The lowest BCUT2D eigenvalue weighted by atomic mass is 10.1. The fraction of sp³-hybridized carbons (Fsp3) is 0.0667. The lowest BCUT2D eigenvalue weighted by Gasteiger charge is -1.97. The number of benzene rings is 1. The Labute approximate surface area is 120 Å². The van der Waals surface area contributed by atoms with Crippen LogP contribution in [0.4, 0.5) is 0 Å². The molecule has 5 heteroatoms. The monoisotopic (exact) mass is 282 g/mol. The van der Waals surface area contributed by atoms with Crippen LogP contribution >= 0.6 is 11.6 Å². The van der Waals surface area contributed by atoms with E-state index in [4.69, 9.17) is 11.6 Å². The van der Waals surface area contributed by atoms with E-state index in [1.54, 1.807) is 0 Å². The van der Waals surface area contributed by atoms with Crippen LogP contribution in [0.3, 0.4) is 0 Å². The summed E-state index contributed by atoms with van der Waals surface area (Å²) >= 11 is 5.99. The highest BCUT2D eigenvalue weighted by molar-refractivity contribution is 6.30. The maximum Gasteiger partial charge on any atom is 0.137 e. The van der Waals surface area contributed by atoms with Crippen LogP contribution in [0.5, 0.6) is 0 Å². The van der Waals surface area contributed by atoms with Crippen molar-refractivity contribution in [1.29, 1.82) is 0 Å². The first-order chi connectivity index (χ1) is 9.70. The minimum atomic E-state index is 0.696. The van der Waals surface area contributed by atoms with E-state index in [0.29, 0.717) is 5.02 Å². The van der Waals surface area contributed by atoms with Crippen molar-refractivity contribution in [3.63, 3.8) is 0 Å². The summed E-state index contributed by atoms with van der Waals surface area (Å²) in [4.78, 5) is 8.99. The van der Waals surface area contributed by atoms with Gasteiger partial charge in [0.15, 0.2) is 0 Å². The van der Waals surface area contributed by atoms with Gasteiger partial charge in [-0.1, -0.05) is 17.7 Å². The first-order valence-electron chi connectivity index (χ1n) is 6.26. The number of hydrogen-bond donors (Lipinski definition) is 0. The fourth-order valence-corrected chi connectivity index (χ4v) is 2.57. The molecule has 0 aliphatic carbocycles. The van der Waals surface area contributed by atoms with Gasteiger partial charge in [0.05, 0.1) is 28.1 Å². The number of hydrogen-bond acceptors (Lipinski definition) is 2. The SMILES string of the molecule is Cn1cnc2cc(-c3cn4cc(Cl)ccc4n3)ccc21. The van der Waals surface area contributed by atoms with Crippen molar-refractivity contribution in [2.45, 2.75) is 0 Å². The number of nitrogens with zero attached hydrogens (tertiary/aromatic N) is 4. The predicted molar refractivity (Wildman–Crippen MR) is 79.9 cm³/mol. The van der Waals surface area contributed by atoms with Gasteiger partial charge in [-0.25, -0.2) is 9.97 Å². The summed E-state index contributed by atoms with van der Waals surface area (Å²) in [5, 5.41) is 0.696. The second-order valence-electron chi connectivity index (χ2n) is 4.80. The predicted octanol–water partition coefficient (Wildman–Crippen LogP) is 3.54. The van der Waals surface area contributed by atoms with E-state index in [0.717, 1.165) is 27.9 Å². The van der Waals surface area contributed by atoms with E-state index >= 15 is 0 Å². The third-order valence-electron chi connectivity index (χ3n) is 3.44. The van der Waals surface area contributed by atoms with Gasteiger partial charge in [0.25, 0.3) is 0 Å². The van der Waals surface area contributed by atoms with Crippen molar-refractivity contribution in [2.24, 2.45) is 7.05 Å². The molecule has 20 heavy (non-hydrogen) atoms. The summed E-state index contributed by atoms with van der Waals surface area (Å²) in [7, 11) is 1.99. The van der Waals surface area contributed by atoms with Gasteiger partial charge in [0.1, 0.15) is 5.65 Å². The van der Waals surface area contributed by atoms with E-state index < -0.39 is 0 Å². The van der Waals surface area contributed by atoms with Crippen LogP contribution in [0.2, 0.25) is 5.02 Å². The molecule has 0 amide bonds. The van der Waals surface area contributed by atoms with E-state index in [1.807, 2.05) is 46.9 Å². The minimum absolute atomic E-state index is 0.696. The maximum atomic E-state index is 5.99. The summed E-state index contributed by atoms with van der Waals surface area (Å²) in [5.74, 6) is 0.